The van der Waals surface area contributed by atoms with Crippen molar-refractivity contribution in [2.75, 3.05) is 6.26 Å². The van der Waals surface area contributed by atoms with Crippen LogP contribution < -0.4 is 0 Å². The van der Waals surface area contributed by atoms with Gasteiger partial charge in [0.15, 0.2) is 0 Å². The van der Waals surface area contributed by atoms with Crippen LogP contribution in [0.1, 0.15) is 33.0 Å². The van der Waals surface area contributed by atoms with E-state index < -0.39 is 20.8 Å². The largest absolute Gasteiger partial charge is 0.450 e. The predicted octanol–water partition coefficient (Wildman–Crippen LogP) is 2.15. The highest BCUT2D eigenvalue weighted by molar-refractivity contribution is 7.90. The van der Waals surface area contributed by atoms with Gasteiger partial charge in [-0.3, -0.25) is 0 Å². The Kier molecular flexibility index (Phi) is 5.09. The molecule has 1 unspecified atom stereocenters. The van der Waals surface area contributed by atoms with Gasteiger partial charge < -0.3 is 4.42 Å². The van der Waals surface area contributed by atoms with E-state index >= 15 is 0 Å². The van der Waals surface area contributed by atoms with Gasteiger partial charge in [0.1, 0.15) is 16.7 Å². The highest BCUT2D eigenvalue weighted by Crippen LogP contribution is 2.15. The van der Waals surface area contributed by atoms with Gasteiger partial charge in [-0.05, 0) is 39.3 Å². The molecule has 0 amide bonds. The Morgan fingerprint density at radius 2 is 2.00 bits per heavy atom. The highest BCUT2D eigenvalue weighted by atomic mass is 32.2. The smallest absolute Gasteiger partial charge is 0.217 e. The first kappa shape index (κ1) is 16.1. The molecular formula is C12H19NO4S2. The van der Waals surface area contributed by atoms with E-state index in [1.807, 2.05) is 20.8 Å². The van der Waals surface area contributed by atoms with Crippen LogP contribution >= 0.6 is 0 Å². The van der Waals surface area contributed by atoms with Crippen molar-refractivity contribution < 1.29 is 17.0 Å². The van der Waals surface area contributed by atoms with E-state index in [1.54, 1.807) is 12.3 Å². The van der Waals surface area contributed by atoms with Gasteiger partial charge in [-0.15, -0.1) is 0 Å². The maximum Gasteiger partial charge on any atom is 0.217 e. The number of hydrogen-bond acceptors (Lipinski definition) is 4. The molecule has 108 valence electrons. The minimum Gasteiger partial charge on any atom is -0.450 e. The first-order chi connectivity index (χ1) is 8.60. The molecule has 0 aromatic carbocycles. The summed E-state index contributed by atoms with van der Waals surface area (Å²) in [4.78, 5) is 0. The molecule has 0 saturated carbocycles. The molecule has 1 atom stereocenters. The number of nitrogens with zero attached hydrogens (tertiary/aromatic N) is 1. The van der Waals surface area contributed by atoms with Crippen molar-refractivity contribution in [3.63, 3.8) is 0 Å². The minimum atomic E-state index is -3.29. The van der Waals surface area contributed by atoms with E-state index in [0.717, 1.165) is 6.26 Å². The second-order valence-electron chi connectivity index (χ2n) is 5.18. The SMILES string of the molecule is CC(C)(C)S(=O)N=CCCc1ccc(S(C)(=O)=O)o1. The summed E-state index contributed by atoms with van der Waals surface area (Å²) in [6.07, 6.45) is 3.77. The average molecular weight is 305 g/mol. The van der Waals surface area contributed by atoms with E-state index in [1.165, 1.54) is 6.07 Å². The molecule has 7 heteroatoms. The lowest BCUT2D eigenvalue weighted by Gasteiger charge is -2.12. The summed E-state index contributed by atoms with van der Waals surface area (Å²) in [5.74, 6) is 0.577. The first-order valence-corrected chi connectivity index (χ1v) is 8.84. The van der Waals surface area contributed by atoms with Crippen LogP contribution in [0, 0.1) is 0 Å². The number of furan rings is 1. The lowest BCUT2D eigenvalue weighted by atomic mass is 10.3. The fourth-order valence-corrected chi connectivity index (χ4v) is 2.31. The zero-order valence-electron chi connectivity index (χ0n) is 11.5. The molecule has 0 N–H and O–H groups in total. The molecule has 1 heterocycles. The monoisotopic (exact) mass is 305 g/mol. The Labute approximate surface area is 116 Å². The van der Waals surface area contributed by atoms with Crippen molar-refractivity contribution in [1.82, 2.24) is 0 Å². The standard InChI is InChI=1S/C12H19NO4S2/c1-12(2,3)18(14)13-9-5-6-10-7-8-11(17-10)19(4,15)16/h7-9H,5-6H2,1-4H3. The van der Waals surface area contributed by atoms with Crippen molar-refractivity contribution >= 4 is 27.0 Å². The van der Waals surface area contributed by atoms with E-state index in [0.29, 0.717) is 18.6 Å². The van der Waals surface area contributed by atoms with E-state index in [-0.39, 0.29) is 9.84 Å². The highest BCUT2D eigenvalue weighted by Gasteiger charge is 2.18. The zero-order valence-corrected chi connectivity index (χ0v) is 13.2. The predicted molar refractivity (Wildman–Crippen MR) is 76.5 cm³/mol. The molecule has 1 rings (SSSR count). The molecule has 5 nitrogen and oxygen atoms in total. The van der Waals surface area contributed by atoms with Crippen LogP contribution in [-0.2, 0) is 27.2 Å². The minimum absolute atomic E-state index is 0.0299. The summed E-state index contributed by atoms with van der Waals surface area (Å²) < 4.78 is 42.8. The first-order valence-electron chi connectivity index (χ1n) is 5.84. The number of sulfone groups is 1. The van der Waals surface area contributed by atoms with Crippen molar-refractivity contribution in [3.8, 4) is 0 Å². The van der Waals surface area contributed by atoms with Gasteiger partial charge in [-0.2, -0.15) is 4.40 Å². The molecule has 0 aliphatic heterocycles. The summed E-state index contributed by atoms with van der Waals surface area (Å²) in [7, 11) is -4.56. The van der Waals surface area contributed by atoms with Gasteiger partial charge in [-0.25, -0.2) is 12.6 Å². The summed E-state index contributed by atoms with van der Waals surface area (Å²) in [5.41, 5.74) is 0. The summed E-state index contributed by atoms with van der Waals surface area (Å²) in [6, 6.07) is 3.07. The van der Waals surface area contributed by atoms with Crippen LogP contribution in [0.5, 0.6) is 0 Å². The molecule has 0 spiro atoms. The van der Waals surface area contributed by atoms with E-state index in [2.05, 4.69) is 4.40 Å². The van der Waals surface area contributed by atoms with Gasteiger partial charge >= 0.3 is 0 Å². The molecule has 0 fully saturated rings. The van der Waals surface area contributed by atoms with Crippen LogP contribution in [0.3, 0.4) is 0 Å². The maximum atomic E-state index is 11.6. The number of rotatable bonds is 5. The second kappa shape index (κ2) is 6.00. The summed E-state index contributed by atoms with van der Waals surface area (Å²) >= 11 is 0. The molecule has 0 bridgehead atoms. The summed E-state index contributed by atoms with van der Waals surface area (Å²) in [6.45, 7) is 5.56. The topological polar surface area (TPSA) is 76.7 Å². The van der Waals surface area contributed by atoms with Crippen LogP contribution in [-0.4, -0.2) is 29.8 Å². The van der Waals surface area contributed by atoms with Crippen molar-refractivity contribution in [3.05, 3.63) is 17.9 Å². The average Bonchev–Trinajstić information content (AvgIpc) is 2.70. The van der Waals surface area contributed by atoms with E-state index in [4.69, 9.17) is 4.42 Å². The third-order valence-corrected chi connectivity index (χ3v) is 4.56. The third-order valence-electron chi connectivity index (χ3n) is 2.22. The van der Waals surface area contributed by atoms with Gasteiger partial charge in [-0.1, -0.05) is 0 Å². The normalized spacial score (nSPS) is 14.9. The molecule has 0 aliphatic carbocycles. The lowest BCUT2D eigenvalue weighted by Crippen LogP contribution is -2.19. The lowest BCUT2D eigenvalue weighted by molar-refractivity contribution is 0.417. The Balaban J connectivity index is 2.53. The fourth-order valence-electron chi connectivity index (χ4n) is 1.18. The Hall–Kier alpha value is -0.950. The quantitative estimate of drug-likeness (QED) is 0.781. The van der Waals surface area contributed by atoms with E-state index in [9.17, 15) is 12.6 Å². The third kappa shape index (κ3) is 5.28. The maximum absolute atomic E-state index is 11.6. The number of aryl methyl sites for hydroxylation is 1. The van der Waals surface area contributed by atoms with Gasteiger partial charge in [0, 0.05) is 18.9 Å². The van der Waals surface area contributed by atoms with Crippen molar-refractivity contribution in [2.45, 2.75) is 43.5 Å². The van der Waals surface area contributed by atoms with Crippen LogP contribution in [0.4, 0.5) is 0 Å². The molecule has 1 aromatic rings. The van der Waals surface area contributed by atoms with Crippen molar-refractivity contribution in [2.24, 2.45) is 4.40 Å². The molecule has 1 aromatic heterocycles. The Morgan fingerprint density at radius 1 is 1.37 bits per heavy atom. The second-order valence-corrected chi connectivity index (χ2v) is 9.06. The summed E-state index contributed by atoms with van der Waals surface area (Å²) in [5, 5.41) is -0.0299. The fraction of sp³-hybridized carbons (Fsp3) is 0.583. The molecule has 0 radical (unpaired) electrons. The Bertz CT molecular complexity index is 579. The molecule has 0 aliphatic rings. The Morgan fingerprint density at radius 3 is 2.47 bits per heavy atom. The molecule has 19 heavy (non-hydrogen) atoms. The van der Waals surface area contributed by atoms with Gasteiger partial charge in [0.25, 0.3) is 0 Å². The zero-order chi connectivity index (χ0) is 14.7. The molecule has 0 saturated heterocycles. The van der Waals surface area contributed by atoms with Crippen LogP contribution in [0.15, 0.2) is 26.0 Å². The molecular weight excluding hydrogens is 286 g/mol. The van der Waals surface area contributed by atoms with Crippen molar-refractivity contribution in [1.29, 1.82) is 0 Å². The van der Waals surface area contributed by atoms with Gasteiger partial charge in [0.05, 0.1) is 4.75 Å². The number of hydrogen-bond donors (Lipinski definition) is 0. The van der Waals surface area contributed by atoms with Crippen LogP contribution in [0.25, 0.3) is 0 Å². The van der Waals surface area contributed by atoms with Crippen LogP contribution in [0.2, 0.25) is 0 Å². The van der Waals surface area contributed by atoms with Gasteiger partial charge in [0.2, 0.25) is 14.9 Å².